The summed E-state index contributed by atoms with van der Waals surface area (Å²) in [7, 11) is -4.08. The summed E-state index contributed by atoms with van der Waals surface area (Å²) in [4.78, 5) is 11.4. The van der Waals surface area contributed by atoms with Crippen molar-refractivity contribution >= 4 is 16.1 Å². The zero-order valence-electron chi connectivity index (χ0n) is 13.3. The van der Waals surface area contributed by atoms with Gasteiger partial charge in [0, 0.05) is 6.54 Å². The maximum absolute atomic E-state index is 15.2. The topological polar surface area (TPSA) is 122 Å². The van der Waals surface area contributed by atoms with Crippen molar-refractivity contribution in [3.05, 3.63) is 0 Å². The van der Waals surface area contributed by atoms with Crippen LogP contribution >= 0.6 is 0 Å². The summed E-state index contributed by atoms with van der Waals surface area (Å²) in [5, 5.41) is 10.3. The van der Waals surface area contributed by atoms with Gasteiger partial charge in [0.2, 0.25) is 5.91 Å². The number of aliphatic hydroxyl groups is 1. The summed E-state index contributed by atoms with van der Waals surface area (Å²) in [6, 6.07) is -1.23. The number of halogens is 1. The Bertz CT molecular complexity index is 589. The Morgan fingerprint density at radius 2 is 2.12 bits per heavy atom. The van der Waals surface area contributed by atoms with Crippen molar-refractivity contribution in [3.8, 4) is 0 Å². The first-order chi connectivity index (χ1) is 11.3. The van der Waals surface area contributed by atoms with Crippen LogP contribution in [0, 0.1) is 11.8 Å². The number of hydrogen-bond acceptors (Lipinski definition) is 6. The minimum absolute atomic E-state index is 0.00190. The minimum atomic E-state index is -4.08. The van der Waals surface area contributed by atoms with Crippen molar-refractivity contribution < 1.29 is 27.4 Å². The average Bonchev–Trinajstić information content (AvgIpc) is 2.78. The molecule has 24 heavy (non-hydrogen) atoms. The highest BCUT2D eigenvalue weighted by Gasteiger charge is 2.53. The molecule has 6 atom stereocenters. The van der Waals surface area contributed by atoms with Crippen LogP contribution in [0.4, 0.5) is 4.39 Å². The molecule has 0 radical (unpaired) electrons. The molecule has 10 heteroatoms. The quantitative estimate of drug-likeness (QED) is 0.581. The minimum Gasteiger partial charge on any atom is -0.391 e. The number of rotatable bonds is 4. The number of carbonyl (C=O) groups is 1. The maximum Gasteiger partial charge on any atom is 0.304 e. The second kappa shape index (κ2) is 6.83. The number of fused-ring (bicyclic) bond motifs is 1. The predicted molar refractivity (Wildman–Crippen MR) is 82.7 cm³/mol. The van der Waals surface area contributed by atoms with Crippen molar-refractivity contribution in [2.75, 3.05) is 19.7 Å². The van der Waals surface area contributed by atoms with Gasteiger partial charge in [0.05, 0.1) is 31.4 Å². The molecule has 6 unspecified atom stereocenters. The highest BCUT2D eigenvalue weighted by molar-refractivity contribution is 7.88. The van der Waals surface area contributed by atoms with E-state index in [2.05, 4.69) is 0 Å². The van der Waals surface area contributed by atoms with E-state index < -0.39 is 41.0 Å². The van der Waals surface area contributed by atoms with Crippen molar-refractivity contribution in [2.45, 2.75) is 50.1 Å². The Labute approximate surface area is 140 Å². The van der Waals surface area contributed by atoms with E-state index in [1.165, 1.54) is 0 Å². The maximum atomic E-state index is 15.2. The van der Waals surface area contributed by atoms with Gasteiger partial charge < -0.3 is 15.6 Å². The number of amides is 1. The standard InChI is InChI=1S/C14H24FN3O5S/c15-13-10-6-9(23-4-3-16)2-1-8(10)5-11(19)14(13)18-7-12(20)17-24(18,21)22/h8-11,13-14,19H,1-7,16H2,(H,17,20). The Morgan fingerprint density at radius 3 is 2.75 bits per heavy atom. The molecule has 1 aliphatic heterocycles. The lowest BCUT2D eigenvalue weighted by atomic mass is 9.66. The van der Waals surface area contributed by atoms with Crippen LogP contribution in [-0.2, 0) is 19.7 Å². The summed E-state index contributed by atoms with van der Waals surface area (Å²) in [5.74, 6) is -1.09. The molecule has 0 aromatic heterocycles. The Morgan fingerprint density at radius 1 is 1.38 bits per heavy atom. The number of aliphatic hydroxyl groups excluding tert-OH is 1. The van der Waals surface area contributed by atoms with E-state index in [1.807, 2.05) is 4.72 Å². The number of ether oxygens (including phenoxy) is 1. The number of nitrogens with two attached hydrogens (primary N) is 1. The molecule has 3 rings (SSSR count). The molecule has 4 N–H and O–H groups in total. The normalized spacial score (nSPS) is 42.5. The first-order valence-electron chi connectivity index (χ1n) is 8.29. The average molecular weight is 365 g/mol. The van der Waals surface area contributed by atoms with Crippen molar-refractivity contribution in [1.82, 2.24) is 9.03 Å². The lowest BCUT2D eigenvalue weighted by Crippen LogP contribution is -2.59. The first kappa shape index (κ1) is 18.0. The van der Waals surface area contributed by atoms with Crippen LogP contribution in [0.1, 0.15) is 25.7 Å². The van der Waals surface area contributed by atoms with E-state index in [1.54, 1.807) is 0 Å². The second-order valence-corrected chi connectivity index (χ2v) is 8.46. The summed E-state index contributed by atoms with van der Waals surface area (Å²) in [5.41, 5.74) is 5.43. The van der Waals surface area contributed by atoms with Gasteiger partial charge >= 0.3 is 10.2 Å². The number of hydrogen-bond donors (Lipinski definition) is 3. The fourth-order valence-corrected chi connectivity index (χ4v) is 5.62. The SMILES string of the molecule is NCCOC1CCC2CC(O)C(N3CC(=O)NS3(=O)=O)C(F)C2C1. The van der Waals surface area contributed by atoms with Gasteiger partial charge in [-0.15, -0.1) is 0 Å². The van der Waals surface area contributed by atoms with Gasteiger partial charge in [0.15, 0.2) is 0 Å². The zero-order chi connectivity index (χ0) is 17.5. The van der Waals surface area contributed by atoms with Gasteiger partial charge in [-0.05, 0) is 37.5 Å². The summed E-state index contributed by atoms with van der Waals surface area (Å²) < 4.78 is 47.4. The van der Waals surface area contributed by atoms with E-state index in [-0.39, 0.29) is 17.9 Å². The Balaban J connectivity index is 1.76. The first-order valence-corrected chi connectivity index (χ1v) is 9.73. The van der Waals surface area contributed by atoms with Gasteiger partial charge in [0.25, 0.3) is 0 Å². The molecule has 0 aromatic rings. The van der Waals surface area contributed by atoms with Gasteiger partial charge in [0.1, 0.15) is 6.17 Å². The molecule has 1 saturated heterocycles. The molecule has 3 fully saturated rings. The van der Waals surface area contributed by atoms with Gasteiger partial charge in [-0.3, -0.25) is 4.79 Å². The van der Waals surface area contributed by atoms with Crippen molar-refractivity contribution in [3.63, 3.8) is 0 Å². The molecule has 2 saturated carbocycles. The van der Waals surface area contributed by atoms with Crippen LogP contribution in [0.3, 0.4) is 0 Å². The third-order valence-corrected chi connectivity index (χ3v) is 6.80. The summed E-state index contributed by atoms with van der Waals surface area (Å²) >= 11 is 0. The zero-order valence-corrected chi connectivity index (χ0v) is 14.1. The highest BCUT2D eigenvalue weighted by atomic mass is 32.2. The van der Waals surface area contributed by atoms with E-state index in [0.717, 1.165) is 17.1 Å². The fraction of sp³-hybridized carbons (Fsp3) is 0.929. The molecule has 138 valence electrons. The molecule has 2 aliphatic carbocycles. The number of alkyl halides is 1. The van der Waals surface area contributed by atoms with Crippen molar-refractivity contribution in [2.24, 2.45) is 17.6 Å². The van der Waals surface area contributed by atoms with Gasteiger partial charge in [-0.25, -0.2) is 9.11 Å². The third-order valence-electron chi connectivity index (χ3n) is 5.33. The van der Waals surface area contributed by atoms with Crippen LogP contribution in [0.15, 0.2) is 0 Å². The molecule has 1 heterocycles. The van der Waals surface area contributed by atoms with Gasteiger partial charge in [-0.1, -0.05) is 0 Å². The molecular formula is C14H24FN3O5S. The summed E-state index contributed by atoms with van der Waals surface area (Å²) in [6.45, 7) is 0.351. The van der Waals surface area contributed by atoms with Crippen molar-refractivity contribution in [1.29, 1.82) is 0 Å². The lowest BCUT2D eigenvalue weighted by molar-refractivity contribution is -0.120. The Hall–Kier alpha value is -0.810. The third kappa shape index (κ3) is 3.30. The van der Waals surface area contributed by atoms with E-state index in [0.29, 0.717) is 26.0 Å². The number of carbonyl (C=O) groups excluding carboxylic acids is 1. The molecule has 0 bridgehead atoms. The Kier molecular flexibility index (Phi) is 5.12. The molecule has 8 nitrogen and oxygen atoms in total. The lowest BCUT2D eigenvalue weighted by Gasteiger charge is -2.47. The van der Waals surface area contributed by atoms with Crippen LogP contribution < -0.4 is 10.5 Å². The number of nitrogens with zero attached hydrogens (tertiary/aromatic N) is 1. The predicted octanol–water partition coefficient (Wildman–Crippen LogP) is -1.11. The van der Waals surface area contributed by atoms with Crippen LogP contribution in [-0.4, -0.2) is 67.9 Å². The van der Waals surface area contributed by atoms with Crippen LogP contribution in [0.2, 0.25) is 0 Å². The van der Waals surface area contributed by atoms with Crippen LogP contribution in [0.5, 0.6) is 0 Å². The smallest absolute Gasteiger partial charge is 0.304 e. The second-order valence-electron chi connectivity index (χ2n) is 6.83. The molecular weight excluding hydrogens is 341 g/mol. The molecule has 0 aromatic carbocycles. The molecule has 3 aliphatic rings. The van der Waals surface area contributed by atoms with E-state index in [4.69, 9.17) is 10.5 Å². The molecule has 1 amide bonds. The summed E-state index contributed by atoms with van der Waals surface area (Å²) in [6.07, 6.45) is -0.430. The highest BCUT2D eigenvalue weighted by Crippen LogP contribution is 2.44. The van der Waals surface area contributed by atoms with E-state index in [9.17, 15) is 18.3 Å². The molecule has 0 spiro atoms. The monoisotopic (exact) mass is 365 g/mol. The number of nitrogens with one attached hydrogen (secondary N) is 1. The van der Waals surface area contributed by atoms with Crippen LogP contribution in [0.25, 0.3) is 0 Å². The fourth-order valence-electron chi connectivity index (χ4n) is 4.29. The van der Waals surface area contributed by atoms with Gasteiger partial charge in [-0.2, -0.15) is 12.7 Å². The van der Waals surface area contributed by atoms with E-state index >= 15 is 4.39 Å². The largest absolute Gasteiger partial charge is 0.391 e.